The van der Waals surface area contributed by atoms with E-state index in [-0.39, 0.29) is 11.9 Å². The van der Waals surface area contributed by atoms with E-state index in [0.29, 0.717) is 17.7 Å². The molecule has 0 unspecified atom stereocenters. The molecule has 0 atom stereocenters. The van der Waals surface area contributed by atoms with E-state index < -0.39 is 0 Å². The van der Waals surface area contributed by atoms with E-state index in [1.165, 1.54) is 0 Å². The number of esters is 1. The molecule has 3 rings (SSSR count). The molecule has 0 radical (unpaired) electrons. The van der Waals surface area contributed by atoms with Gasteiger partial charge >= 0.3 is 5.97 Å². The maximum absolute atomic E-state index is 12.3. The fraction of sp³-hybridized carbons (Fsp3) is 0.182. The molecule has 3 aromatic rings. The fourth-order valence-electron chi connectivity index (χ4n) is 3.07. The first-order valence-corrected chi connectivity index (χ1v) is 9.21. The van der Waals surface area contributed by atoms with Crippen molar-refractivity contribution in [3.05, 3.63) is 82.9 Å². The predicted octanol–water partition coefficient (Wildman–Crippen LogP) is 3.43. The highest BCUT2D eigenvalue weighted by Crippen LogP contribution is 2.23. The Labute approximate surface area is 169 Å². The lowest BCUT2D eigenvalue weighted by Crippen LogP contribution is -2.17. The van der Waals surface area contributed by atoms with Gasteiger partial charge in [0.2, 0.25) is 0 Å². The summed E-state index contributed by atoms with van der Waals surface area (Å²) < 4.78 is 7.15. The molecule has 0 aliphatic carbocycles. The second kappa shape index (κ2) is 8.97. The highest BCUT2D eigenvalue weighted by Gasteiger charge is 2.17. The van der Waals surface area contributed by atoms with Gasteiger partial charge in [0.25, 0.3) is 5.91 Å². The molecule has 2 aromatic heterocycles. The van der Waals surface area contributed by atoms with Crippen LogP contribution in [0.2, 0.25) is 0 Å². The van der Waals surface area contributed by atoms with E-state index in [1.807, 2.05) is 36.6 Å². The number of para-hydroxylation sites is 1. The summed E-state index contributed by atoms with van der Waals surface area (Å²) in [5.74, 6) is -0.680. The van der Waals surface area contributed by atoms with Crippen molar-refractivity contribution in [1.29, 1.82) is 0 Å². The summed E-state index contributed by atoms with van der Waals surface area (Å²) in [6, 6.07) is 12.5. The van der Waals surface area contributed by atoms with E-state index in [2.05, 4.69) is 15.5 Å². The first-order chi connectivity index (χ1) is 14.0. The number of aryl methyl sites for hydroxylation is 1. The number of hydrogen-bond donors (Lipinski definition) is 1. The van der Waals surface area contributed by atoms with Crippen LogP contribution in [0.15, 0.2) is 60.0 Å². The Balaban J connectivity index is 1.86. The van der Waals surface area contributed by atoms with Crippen LogP contribution in [0.3, 0.4) is 0 Å². The second-order valence-corrected chi connectivity index (χ2v) is 6.33. The summed E-state index contributed by atoms with van der Waals surface area (Å²) in [5, 5.41) is 4.06. The molecule has 7 heteroatoms. The van der Waals surface area contributed by atoms with Crippen LogP contribution in [-0.2, 0) is 4.74 Å². The molecular formula is C22H22N4O3. The van der Waals surface area contributed by atoms with Crippen LogP contribution < -0.4 is 5.43 Å². The van der Waals surface area contributed by atoms with Crippen molar-refractivity contribution >= 4 is 18.1 Å². The average molecular weight is 390 g/mol. The molecule has 0 aliphatic heterocycles. The largest absolute Gasteiger partial charge is 0.462 e. The molecular weight excluding hydrogens is 368 g/mol. The quantitative estimate of drug-likeness (QED) is 0.397. The SMILES string of the molecule is CCOC(=O)c1ccccc1-n1c(C)cc(/C=N\NC(=O)c2ccncc2)c1C. The molecule has 0 saturated heterocycles. The van der Waals surface area contributed by atoms with E-state index in [4.69, 9.17) is 4.74 Å². The van der Waals surface area contributed by atoms with Gasteiger partial charge in [0.05, 0.1) is 24.1 Å². The molecule has 29 heavy (non-hydrogen) atoms. The number of aromatic nitrogens is 2. The minimum absolute atomic E-state index is 0.311. The number of benzene rings is 1. The molecule has 2 heterocycles. The van der Waals surface area contributed by atoms with Crippen LogP contribution in [0.4, 0.5) is 0 Å². The van der Waals surface area contributed by atoms with Crippen LogP contribution in [0, 0.1) is 13.8 Å². The lowest BCUT2D eigenvalue weighted by Gasteiger charge is -2.14. The average Bonchev–Trinajstić information content (AvgIpc) is 3.02. The third-order valence-electron chi connectivity index (χ3n) is 4.42. The first kappa shape index (κ1) is 20.0. The Kier molecular flexibility index (Phi) is 6.19. The van der Waals surface area contributed by atoms with Gasteiger partial charge in [-0.25, -0.2) is 10.2 Å². The Morgan fingerprint density at radius 3 is 2.62 bits per heavy atom. The Bertz CT molecular complexity index is 1060. The summed E-state index contributed by atoms with van der Waals surface area (Å²) in [7, 11) is 0. The van der Waals surface area contributed by atoms with Gasteiger partial charge < -0.3 is 9.30 Å². The molecule has 7 nitrogen and oxygen atoms in total. The standard InChI is InChI=1S/C22H22N4O3/c1-4-29-22(28)19-7-5-6-8-20(19)26-15(2)13-18(16(26)3)14-24-25-21(27)17-9-11-23-12-10-17/h5-14H,4H2,1-3H3,(H,25,27)/b24-14-. The van der Waals surface area contributed by atoms with E-state index >= 15 is 0 Å². The number of hydrogen-bond acceptors (Lipinski definition) is 5. The Morgan fingerprint density at radius 2 is 1.90 bits per heavy atom. The molecule has 148 valence electrons. The molecule has 0 fully saturated rings. The van der Waals surface area contributed by atoms with Gasteiger partial charge in [-0.3, -0.25) is 9.78 Å². The molecule has 1 N–H and O–H groups in total. The van der Waals surface area contributed by atoms with Gasteiger partial charge in [-0.15, -0.1) is 0 Å². The van der Waals surface area contributed by atoms with Crippen molar-refractivity contribution < 1.29 is 14.3 Å². The zero-order chi connectivity index (χ0) is 20.8. The number of nitrogens with one attached hydrogen (secondary N) is 1. The van der Waals surface area contributed by atoms with Crippen LogP contribution in [0.1, 0.15) is 44.6 Å². The molecule has 0 spiro atoms. The summed E-state index contributed by atoms with van der Waals surface area (Å²) in [6.07, 6.45) is 4.69. The van der Waals surface area contributed by atoms with Crippen LogP contribution in [0.25, 0.3) is 5.69 Å². The van der Waals surface area contributed by atoms with Crippen LogP contribution >= 0.6 is 0 Å². The van der Waals surface area contributed by atoms with Crippen molar-refractivity contribution in [2.45, 2.75) is 20.8 Å². The van der Waals surface area contributed by atoms with Gasteiger partial charge in [-0.1, -0.05) is 12.1 Å². The molecule has 0 bridgehead atoms. The first-order valence-electron chi connectivity index (χ1n) is 9.21. The lowest BCUT2D eigenvalue weighted by molar-refractivity contribution is 0.0526. The maximum atomic E-state index is 12.3. The zero-order valence-electron chi connectivity index (χ0n) is 16.5. The van der Waals surface area contributed by atoms with E-state index in [1.54, 1.807) is 49.8 Å². The molecule has 1 amide bonds. The van der Waals surface area contributed by atoms with Gasteiger partial charge in [-0.05, 0) is 51.1 Å². The number of carbonyl (C=O) groups is 2. The summed E-state index contributed by atoms with van der Waals surface area (Å²) >= 11 is 0. The zero-order valence-corrected chi connectivity index (χ0v) is 16.5. The minimum Gasteiger partial charge on any atom is -0.462 e. The lowest BCUT2D eigenvalue weighted by atomic mass is 10.1. The van der Waals surface area contributed by atoms with E-state index in [0.717, 1.165) is 22.6 Å². The number of carbonyl (C=O) groups excluding carboxylic acids is 2. The van der Waals surface area contributed by atoms with E-state index in [9.17, 15) is 9.59 Å². The number of ether oxygens (including phenoxy) is 1. The fourth-order valence-corrected chi connectivity index (χ4v) is 3.07. The van der Waals surface area contributed by atoms with Crippen molar-refractivity contribution in [2.75, 3.05) is 6.61 Å². The number of pyridine rings is 1. The van der Waals surface area contributed by atoms with Crippen LogP contribution in [-0.4, -0.2) is 34.2 Å². The molecule has 1 aromatic carbocycles. The summed E-state index contributed by atoms with van der Waals surface area (Å²) in [4.78, 5) is 28.3. The van der Waals surface area contributed by atoms with Crippen molar-refractivity contribution in [3.8, 4) is 5.69 Å². The van der Waals surface area contributed by atoms with Gasteiger partial charge in [0, 0.05) is 34.9 Å². The van der Waals surface area contributed by atoms with Gasteiger partial charge in [-0.2, -0.15) is 5.10 Å². The Hall–Kier alpha value is -3.74. The minimum atomic E-state index is -0.365. The second-order valence-electron chi connectivity index (χ2n) is 6.33. The monoisotopic (exact) mass is 390 g/mol. The predicted molar refractivity (Wildman–Crippen MR) is 110 cm³/mol. The smallest absolute Gasteiger partial charge is 0.340 e. The normalized spacial score (nSPS) is 10.9. The van der Waals surface area contributed by atoms with Crippen molar-refractivity contribution in [2.24, 2.45) is 5.10 Å². The number of amides is 1. The van der Waals surface area contributed by atoms with Crippen molar-refractivity contribution in [1.82, 2.24) is 15.0 Å². The maximum Gasteiger partial charge on any atom is 0.340 e. The molecule has 0 saturated carbocycles. The van der Waals surface area contributed by atoms with Crippen LogP contribution in [0.5, 0.6) is 0 Å². The third kappa shape index (κ3) is 4.40. The highest BCUT2D eigenvalue weighted by atomic mass is 16.5. The number of rotatable bonds is 6. The topological polar surface area (TPSA) is 85.6 Å². The molecule has 0 aliphatic rings. The summed E-state index contributed by atoms with van der Waals surface area (Å²) in [6.45, 7) is 5.97. The number of hydrazone groups is 1. The Morgan fingerprint density at radius 1 is 1.17 bits per heavy atom. The third-order valence-corrected chi connectivity index (χ3v) is 4.42. The van der Waals surface area contributed by atoms with Gasteiger partial charge in [0.15, 0.2) is 0 Å². The number of nitrogens with zero attached hydrogens (tertiary/aromatic N) is 3. The van der Waals surface area contributed by atoms with Crippen molar-refractivity contribution in [3.63, 3.8) is 0 Å². The van der Waals surface area contributed by atoms with Gasteiger partial charge in [0.1, 0.15) is 0 Å². The highest BCUT2D eigenvalue weighted by molar-refractivity contribution is 5.95. The summed E-state index contributed by atoms with van der Waals surface area (Å²) in [5.41, 5.74) is 6.87.